The Morgan fingerprint density at radius 2 is 1.77 bits per heavy atom. The van der Waals surface area contributed by atoms with Crippen LogP contribution in [0.15, 0.2) is 30.3 Å². The lowest BCUT2D eigenvalue weighted by Gasteiger charge is -2.32. The molecule has 3 amide bonds. The number of hydrogen-bond donors (Lipinski definition) is 1. The van der Waals surface area contributed by atoms with Gasteiger partial charge in [0.2, 0.25) is 5.91 Å². The summed E-state index contributed by atoms with van der Waals surface area (Å²) in [7, 11) is 1.63. The van der Waals surface area contributed by atoms with Gasteiger partial charge in [-0.3, -0.25) is 19.4 Å². The zero-order valence-electron chi connectivity index (χ0n) is 23.2. The first kappa shape index (κ1) is 29.4. The predicted octanol–water partition coefficient (Wildman–Crippen LogP) is 3.86. The van der Waals surface area contributed by atoms with E-state index in [1.165, 1.54) is 17.1 Å². The normalized spacial score (nSPS) is 14.5. The summed E-state index contributed by atoms with van der Waals surface area (Å²) < 4.78 is 39.7. The summed E-state index contributed by atoms with van der Waals surface area (Å²) >= 11 is 0. The van der Waals surface area contributed by atoms with Gasteiger partial charge in [0.15, 0.2) is 0 Å². The Labute approximate surface area is 232 Å². The predicted molar refractivity (Wildman–Crippen MR) is 145 cm³/mol. The van der Waals surface area contributed by atoms with Crippen LogP contribution in [0.25, 0.3) is 0 Å². The van der Waals surface area contributed by atoms with Gasteiger partial charge in [-0.05, 0) is 53.8 Å². The van der Waals surface area contributed by atoms with E-state index in [4.69, 9.17) is 0 Å². The number of nitrogens with zero attached hydrogens (tertiary/aromatic N) is 4. The summed E-state index contributed by atoms with van der Waals surface area (Å²) in [5.41, 5.74) is 3.93. The van der Waals surface area contributed by atoms with E-state index in [1.807, 2.05) is 6.92 Å². The third-order valence-electron chi connectivity index (χ3n) is 7.42. The lowest BCUT2D eigenvalue weighted by Crippen LogP contribution is -2.48. The molecule has 0 saturated carbocycles. The minimum Gasteiger partial charge on any atom is -0.355 e. The van der Waals surface area contributed by atoms with E-state index in [0.717, 1.165) is 40.9 Å². The van der Waals surface area contributed by atoms with Gasteiger partial charge in [-0.15, -0.1) is 0 Å². The Morgan fingerprint density at radius 1 is 1.02 bits per heavy atom. The van der Waals surface area contributed by atoms with Crippen molar-refractivity contribution in [2.24, 2.45) is 0 Å². The number of nitrogens with one attached hydrogen (secondary N) is 1. The van der Waals surface area contributed by atoms with E-state index < -0.39 is 18.9 Å². The maximum Gasteiger partial charge on any atom is 0.256 e. The van der Waals surface area contributed by atoms with Crippen LogP contribution in [0.3, 0.4) is 0 Å². The maximum atomic E-state index is 13.7. The standard InChI is InChI=1S/C29H36F3N5O3/c1-4-5-6-9-33-27(38)17-35(18-28(39)34(3)37-14-20-7-8-23(30)11-21(20)15-37)25-12-24-22(10-19(25)2)13-36(29(24)40)16-26(31)32/h7-8,10-12,26H,4-6,9,13-18H2,1-3H3,(H,33,38). The fourth-order valence-electron chi connectivity index (χ4n) is 5.23. The van der Waals surface area contributed by atoms with Crippen molar-refractivity contribution in [2.75, 3.05) is 38.1 Å². The molecule has 8 nitrogen and oxygen atoms in total. The highest BCUT2D eigenvalue weighted by Crippen LogP contribution is 2.31. The van der Waals surface area contributed by atoms with Crippen molar-refractivity contribution in [3.05, 3.63) is 64.0 Å². The van der Waals surface area contributed by atoms with Crippen molar-refractivity contribution in [1.29, 1.82) is 0 Å². The van der Waals surface area contributed by atoms with Crippen LogP contribution < -0.4 is 10.2 Å². The molecule has 0 unspecified atom stereocenters. The average molecular weight is 560 g/mol. The molecule has 0 spiro atoms. The van der Waals surface area contributed by atoms with Gasteiger partial charge in [0.05, 0.1) is 19.6 Å². The third-order valence-corrected chi connectivity index (χ3v) is 7.42. The highest BCUT2D eigenvalue weighted by molar-refractivity contribution is 6.00. The van der Waals surface area contributed by atoms with Crippen LogP contribution in [0.2, 0.25) is 0 Å². The highest BCUT2D eigenvalue weighted by atomic mass is 19.3. The molecule has 2 aliphatic heterocycles. The number of unbranched alkanes of at least 4 members (excludes halogenated alkanes) is 2. The summed E-state index contributed by atoms with van der Waals surface area (Å²) in [6, 6.07) is 7.93. The Morgan fingerprint density at radius 3 is 2.50 bits per heavy atom. The number of hydrazine groups is 1. The van der Waals surface area contributed by atoms with E-state index in [2.05, 4.69) is 12.2 Å². The van der Waals surface area contributed by atoms with Crippen LogP contribution in [-0.2, 0) is 29.2 Å². The third kappa shape index (κ3) is 6.75. The molecule has 4 rings (SSSR count). The molecule has 11 heteroatoms. The topological polar surface area (TPSA) is 76.2 Å². The largest absolute Gasteiger partial charge is 0.355 e. The first-order valence-electron chi connectivity index (χ1n) is 13.6. The molecule has 0 aliphatic carbocycles. The monoisotopic (exact) mass is 559 g/mol. The molecule has 1 N–H and O–H groups in total. The van der Waals surface area contributed by atoms with Crippen LogP contribution in [0.5, 0.6) is 0 Å². The average Bonchev–Trinajstić information content (AvgIpc) is 3.45. The summed E-state index contributed by atoms with van der Waals surface area (Å²) in [5.74, 6) is -1.38. The van der Waals surface area contributed by atoms with Crippen LogP contribution in [0, 0.1) is 12.7 Å². The number of likely N-dealkylation sites (N-methyl/N-ethyl adjacent to an activating group) is 1. The van der Waals surface area contributed by atoms with Gasteiger partial charge in [0, 0.05) is 44.5 Å². The molecular weight excluding hydrogens is 523 g/mol. The molecule has 216 valence electrons. The van der Waals surface area contributed by atoms with Crippen LogP contribution in [0.4, 0.5) is 18.9 Å². The van der Waals surface area contributed by atoms with Crippen LogP contribution in [-0.4, -0.2) is 72.3 Å². The number of anilines is 1. The molecular formula is C29H36F3N5O3. The smallest absolute Gasteiger partial charge is 0.256 e. The van der Waals surface area contributed by atoms with Gasteiger partial charge in [0.1, 0.15) is 5.82 Å². The highest BCUT2D eigenvalue weighted by Gasteiger charge is 2.32. The number of alkyl halides is 2. The molecule has 40 heavy (non-hydrogen) atoms. The summed E-state index contributed by atoms with van der Waals surface area (Å²) in [6.45, 7) is 4.37. The minimum absolute atomic E-state index is 0.0926. The number of benzene rings is 2. The first-order valence-corrected chi connectivity index (χ1v) is 13.6. The van der Waals surface area contributed by atoms with Gasteiger partial charge >= 0.3 is 0 Å². The van der Waals surface area contributed by atoms with Gasteiger partial charge in [0.25, 0.3) is 18.2 Å². The molecule has 0 aromatic heterocycles. The summed E-state index contributed by atoms with van der Waals surface area (Å²) in [5, 5.41) is 6.17. The molecule has 0 fully saturated rings. The second-order valence-corrected chi connectivity index (χ2v) is 10.4. The molecule has 2 aromatic rings. The summed E-state index contributed by atoms with van der Waals surface area (Å²) in [6.07, 6.45) is 0.192. The van der Waals surface area contributed by atoms with E-state index in [1.54, 1.807) is 35.2 Å². The number of amides is 3. The second-order valence-electron chi connectivity index (χ2n) is 10.4. The Kier molecular flexibility index (Phi) is 9.34. The first-order chi connectivity index (χ1) is 19.1. The molecule has 2 aromatic carbocycles. The fraction of sp³-hybridized carbons (Fsp3) is 0.483. The Bertz CT molecular complexity index is 1270. The van der Waals surface area contributed by atoms with E-state index >= 15 is 0 Å². The van der Waals surface area contributed by atoms with Crippen molar-refractivity contribution < 1.29 is 27.6 Å². The number of carbonyl (C=O) groups excluding carboxylic acids is 3. The minimum atomic E-state index is -2.65. The van der Waals surface area contributed by atoms with E-state index in [-0.39, 0.29) is 37.3 Å². The van der Waals surface area contributed by atoms with Gasteiger partial charge in [-0.2, -0.15) is 0 Å². The van der Waals surface area contributed by atoms with Crippen molar-refractivity contribution in [3.63, 3.8) is 0 Å². The van der Waals surface area contributed by atoms with Gasteiger partial charge in [-0.1, -0.05) is 31.9 Å². The zero-order valence-corrected chi connectivity index (χ0v) is 23.2. The number of aryl methyl sites for hydroxylation is 1. The number of rotatable bonds is 12. The Balaban J connectivity index is 1.54. The molecule has 0 atom stereocenters. The quantitative estimate of drug-likeness (QED) is 0.400. The van der Waals surface area contributed by atoms with Crippen molar-refractivity contribution in [2.45, 2.75) is 59.2 Å². The van der Waals surface area contributed by atoms with Crippen molar-refractivity contribution in [1.82, 2.24) is 20.2 Å². The molecule has 0 radical (unpaired) electrons. The van der Waals surface area contributed by atoms with Gasteiger partial charge in [-0.25, -0.2) is 18.2 Å². The number of hydrogen-bond acceptors (Lipinski definition) is 5. The van der Waals surface area contributed by atoms with Crippen LogP contribution >= 0.6 is 0 Å². The molecule has 2 heterocycles. The van der Waals surface area contributed by atoms with E-state index in [0.29, 0.717) is 36.4 Å². The molecule has 2 aliphatic rings. The second kappa shape index (κ2) is 12.7. The lowest BCUT2D eigenvalue weighted by atomic mass is 10.0. The number of carbonyl (C=O) groups is 3. The lowest BCUT2D eigenvalue weighted by molar-refractivity contribution is -0.145. The van der Waals surface area contributed by atoms with E-state index in [9.17, 15) is 27.6 Å². The molecule has 0 bridgehead atoms. The van der Waals surface area contributed by atoms with Crippen molar-refractivity contribution >= 4 is 23.4 Å². The Hall–Kier alpha value is -3.60. The van der Waals surface area contributed by atoms with Gasteiger partial charge < -0.3 is 15.1 Å². The SMILES string of the molecule is CCCCCNC(=O)CN(CC(=O)N(C)N1Cc2ccc(F)cc2C1)c1cc2c(cc1C)CN(CC(F)F)C2=O. The number of halogens is 3. The van der Waals surface area contributed by atoms with Crippen LogP contribution in [0.1, 0.15) is 58.8 Å². The summed E-state index contributed by atoms with van der Waals surface area (Å²) in [4.78, 5) is 41.9. The molecule has 0 saturated heterocycles. The van der Waals surface area contributed by atoms with Crippen molar-refractivity contribution in [3.8, 4) is 0 Å². The maximum absolute atomic E-state index is 13.7. The zero-order chi connectivity index (χ0) is 29.0. The number of fused-ring (bicyclic) bond motifs is 2. The fourth-order valence-corrected chi connectivity index (χ4v) is 5.23.